The second-order valence-corrected chi connectivity index (χ2v) is 5.87. The van der Waals surface area contributed by atoms with E-state index >= 15 is 0 Å². The van der Waals surface area contributed by atoms with Gasteiger partial charge in [-0.15, -0.1) is 0 Å². The Morgan fingerprint density at radius 2 is 2.00 bits per heavy atom. The largest absolute Gasteiger partial charge is 0.351 e. The molecule has 126 valence electrons. The molecule has 7 heteroatoms. The Hall–Kier alpha value is -2.83. The highest BCUT2D eigenvalue weighted by Crippen LogP contribution is 2.22. The van der Waals surface area contributed by atoms with Crippen molar-refractivity contribution in [2.75, 3.05) is 18.4 Å². The van der Waals surface area contributed by atoms with Crippen molar-refractivity contribution in [1.82, 2.24) is 9.47 Å². The first-order valence-corrected chi connectivity index (χ1v) is 7.83. The molecular formula is C17H19FN4O2. The molecule has 3 amide bonds. The third-order valence-corrected chi connectivity index (χ3v) is 4.20. The van der Waals surface area contributed by atoms with E-state index in [2.05, 4.69) is 5.32 Å². The van der Waals surface area contributed by atoms with Crippen LogP contribution in [0.3, 0.4) is 0 Å². The van der Waals surface area contributed by atoms with Gasteiger partial charge in [0.05, 0.1) is 11.6 Å². The van der Waals surface area contributed by atoms with E-state index in [1.165, 1.54) is 17.0 Å². The van der Waals surface area contributed by atoms with Crippen molar-refractivity contribution in [3.05, 3.63) is 48.5 Å². The summed E-state index contributed by atoms with van der Waals surface area (Å²) in [7, 11) is 0. The first kappa shape index (κ1) is 16.0. The van der Waals surface area contributed by atoms with Crippen LogP contribution in [0.1, 0.15) is 12.8 Å². The lowest BCUT2D eigenvalue weighted by Gasteiger charge is -2.30. The Bertz CT molecular complexity index is 745. The minimum Gasteiger partial charge on any atom is -0.351 e. The van der Waals surface area contributed by atoms with Gasteiger partial charge in [-0.25, -0.2) is 9.18 Å². The molecule has 0 unspecified atom stereocenters. The molecule has 0 saturated carbocycles. The summed E-state index contributed by atoms with van der Waals surface area (Å²) < 4.78 is 15.6. The summed E-state index contributed by atoms with van der Waals surface area (Å²) >= 11 is 0. The highest BCUT2D eigenvalue weighted by Gasteiger charge is 2.27. The number of carbonyl (C=O) groups is 2. The van der Waals surface area contributed by atoms with Crippen LogP contribution in [-0.4, -0.2) is 34.5 Å². The van der Waals surface area contributed by atoms with Crippen molar-refractivity contribution in [3.63, 3.8) is 0 Å². The number of likely N-dealkylation sites (tertiary alicyclic amines) is 1. The first-order valence-electron chi connectivity index (χ1n) is 7.83. The molecule has 1 aliphatic rings. The lowest BCUT2D eigenvalue weighted by molar-refractivity contribution is -0.121. The normalized spacial score (nSPS) is 17.5. The number of hydrogen-bond acceptors (Lipinski definition) is 2. The minimum absolute atomic E-state index is 0.189. The molecule has 1 fully saturated rings. The highest BCUT2D eigenvalue weighted by atomic mass is 19.1. The number of hydrogen-bond donors (Lipinski definition) is 2. The fourth-order valence-electron chi connectivity index (χ4n) is 2.92. The summed E-state index contributed by atoms with van der Waals surface area (Å²) in [6.45, 7) is 0.889. The van der Waals surface area contributed by atoms with Gasteiger partial charge in [0.15, 0.2) is 0 Å². The zero-order valence-electron chi connectivity index (χ0n) is 13.1. The molecule has 0 spiro atoms. The fraction of sp³-hybridized carbons (Fsp3) is 0.294. The van der Waals surface area contributed by atoms with Gasteiger partial charge in [0.2, 0.25) is 5.91 Å². The third kappa shape index (κ3) is 3.40. The van der Waals surface area contributed by atoms with Gasteiger partial charge >= 0.3 is 6.03 Å². The van der Waals surface area contributed by atoms with Crippen molar-refractivity contribution >= 4 is 17.6 Å². The van der Waals surface area contributed by atoms with E-state index in [-0.39, 0.29) is 17.6 Å². The Balaban J connectivity index is 1.73. The number of carbonyl (C=O) groups excluding carboxylic acids is 2. The number of nitrogens with two attached hydrogens (primary N) is 1. The molecule has 0 aliphatic carbocycles. The van der Waals surface area contributed by atoms with Crippen LogP contribution in [0.5, 0.6) is 0 Å². The van der Waals surface area contributed by atoms with Gasteiger partial charge < -0.3 is 20.5 Å². The monoisotopic (exact) mass is 330 g/mol. The van der Waals surface area contributed by atoms with Gasteiger partial charge in [0.1, 0.15) is 5.82 Å². The Labute approximate surface area is 139 Å². The first-order chi connectivity index (χ1) is 11.5. The molecule has 1 aromatic carbocycles. The van der Waals surface area contributed by atoms with E-state index in [4.69, 9.17) is 5.73 Å². The molecule has 3 rings (SSSR count). The van der Waals surface area contributed by atoms with Crippen LogP contribution >= 0.6 is 0 Å². The summed E-state index contributed by atoms with van der Waals surface area (Å²) in [5.41, 5.74) is 6.16. The molecule has 2 aromatic rings. The summed E-state index contributed by atoms with van der Waals surface area (Å²) in [5, 5.41) is 2.80. The molecule has 6 nitrogen and oxygen atoms in total. The number of aromatic nitrogens is 1. The van der Waals surface area contributed by atoms with Crippen molar-refractivity contribution in [3.8, 4) is 5.69 Å². The van der Waals surface area contributed by atoms with Gasteiger partial charge in [-0.3, -0.25) is 4.79 Å². The van der Waals surface area contributed by atoms with Crippen LogP contribution in [0.25, 0.3) is 5.69 Å². The summed E-state index contributed by atoms with van der Waals surface area (Å²) in [4.78, 5) is 25.2. The van der Waals surface area contributed by atoms with Crippen molar-refractivity contribution in [2.45, 2.75) is 12.8 Å². The van der Waals surface area contributed by atoms with Gasteiger partial charge in [0.25, 0.3) is 0 Å². The number of nitrogens with zero attached hydrogens (tertiary/aromatic N) is 2. The van der Waals surface area contributed by atoms with E-state index in [0.717, 1.165) is 6.42 Å². The standard InChI is InChI=1S/C17H19FN4O2/c18-14-6-5-13(10-15(14)21-7-1-2-8-21)20-16(23)12-4-3-9-22(11-12)17(19)24/h1-2,5-8,10,12H,3-4,9,11H2,(H2,19,24)(H,20,23)/t12-/m1/s1. The summed E-state index contributed by atoms with van der Waals surface area (Å²) in [5.74, 6) is -0.876. The fourth-order valence-corrected chi connectivity index (χ4v) is 2.92. The van der Waals surface area contributed by atoms with Crippen molar-refractivity contribution < 1.29 is 14.0 Å². The maximum atomic E-state index is 14.0. The highest BCUT2D eigenvalue weighted by molar-refractivity contribution is 5.93. The van der Waals surface area contributed by atoms with E-state index < -0.39 is 6.03 Å². The lowest BCUT2D eigenvalue weighted by Crippen LogP contribution is -2.46. The molecule has 1 saturated heterocycles. The van der Waals surface area contributed by atoms with Gasteiger partial charge in [-0.05, 0) is 43.2 Å². The van der Waals surface area contributed by atoms with Crippen molar-refractivity contribution in [1.29, 1.82) is 0 Å². The molecule has 3 N–H and O–H groups in total. The lowest BCUT2D eigenvalue weighted by atomic mass is 9.97. The number of primary amides is 1. The van der Waals surface area contributed by atoms with E-state index in [0.29, 0.717) is 30.9 Å². The second-order valence-electron chi connectivity index (χ2n) is 5.87. The molecule has 1 atom stereocenters. The van der Waals surface area contributed by atoms with E-state index in [9.17, 15) is 14.0 Å². The van der Waals surface area contributed by atoms with Crippen LogP contribution in [0.2, 0.25) is 0 Å². The quantitative estimate of drug-likeness (QED) is 0.906. The molecule has 0 radical (unpaired) electrons. The van der Waals surface area contributed by atoms with Crippen LogP contribution in [0, 0.1) is 11.7 Å². The number of piperidine rings is 1. The predicted molar refractivity (Wildman–Crippen MR) is 88.2 cm³/mol. The molecule has 24 heavy (non-hydrogen) atoms. The SMILES string of the molecule is NC(=O)N1CCC[C@@H](C(=O)Nc2ccc(F)c(-n3cccc3)c2)C1. The molecule has 0 bridgehead atoms. The number of benzene rings is 1. The van der Waals surface area contributed by atoms with Crippen LogP contribution in [0.4, 0.5) is 14.9 Å². The van der Waals surface area contributed by atoms with Gasteiger partial charge in [-0.1, -0.05) is 0 Å². The third-order valence-electron chi connectivity index (χ3n) is 4.20. The van der Waals surface area contributed by atoms with Gasteiger partial charge in [0, 0.05) is 31.2 Å². The average molecular weight is 330 g/mol. The number of halogens is 1. The molecule has 2 heterocycles. The number of rotatable bonds is 3. The zero-order chi connectivity index (χ0) is 17.1. The topological polar surface area (TPSA) is 80.4 Å². The number of anilines is 1. The average Bonchev–Trinajstić information content (AvgIpc) is 3.11. The second kappa shape index (κ2) is 6.74. The molecular weight excluding hydrogens is 311 g/mol. The van der Waals surface area contributed by atoms with E-state index in [1.54, 1.807) is 35.2 Å². The minimum atomic E-state index is -0.510. The maximum Gasteiger partial charge on any atom is 0.314 e. The van der Waals surface area contributed by atoms with Crippen molar-refractivity contribution in [2.24, 2.45) is 11.7 Å². The van der Waals surface area contributed by atoms with Gasteiger partial charge in [-0.2, -0.15) is 0 Å². The maximum absolute atomic E-state index is 14.0. The predicted octanol–water partition coefficient (Wildman–Crippen LogP) is 2.35. The number of urea groups is 1. The Morgan fingerprint density at radius 3 is 2.71 bits per heavy atom. The molecule has 1 aromatic heterocycles. The molecule has 1 aliphatic heterocycles. The smallest absolute Gasteiger partial charge is 0.314 e. The zero-order valence-corrected chi connectivity index (χ0v) is 13.1. The Morgan fingerprint density at radius 1 is 1.25 bits per heavy atom. The van der Waals surface area contributed by atoms with Crippen LogP contribution in [-0.2, 0) is 4.79 Å². The van der Waals surface area contributed by atoms with E-state index in [1.807, 2.05) is 0 Å². The summed E-state index contributed by atoms with van der Waals surface area (Å²) in [6, 6.07) is 7.51. The summed E-state index contributed by atoms with van der Waals surface area (Å²) in [6.07, 6.45) is 4.89. The van der Waals surface area contributed by atoms with Crippen LogP contribution in [0.15, 0.2) is 42.7 Å². The number of amides is 3. The van der Waals surface area contributed by atoms with Crippen LogP contribution < -0.4 is 11.1 Å². The number of nitrogens with one attached hydrogen (secondary N) is 1. The Kier molecular flexibility index (Phi) is 4.50.